The lowest BCUT2D eigenvalue weighted by molar-refractivity contribution is -0.120. The number of hydrogen-bond donors (Lipinski definition) is 0. The Labute approximate surface area is 168 Å². The van der Waals surface area contributed by atoms with Gasteiger partial charge in [0.1, 0.15) is 18.5 Å². The molecule has 4 rings (SSSR count). The van der Waals surface area contributed by atoms with Crippen LogP contribution < -0.4 is 0 Å². The second-order valence-corrected chi connectivity index (χ2v) is 7.63. The van der Waals surface area contributed by atoms with Crippen LogP contribution in [0, 0.1) is 5.92 Å². The lowest BCUT2D eigenvalue weighted by Gasteiger charge is -2.31. The van der Waals surface area contributed by atoms with Crippen LogP contribution in [0.3, 0.4) is 0 Å². The molecule has 1 aliphatic heterocycles. The first-order chi connectivity index (χ1) is 13.7. The van der Waals surface area contributed by atoms with Crippen molar-refractivity contribution in [1.82, 2.24) is 14.8 Å². The van der Waals surface area contributed by atoms with Gasteiger partial charge in [0.25, 0.3) is 5.91 Å². The molecule has 2 heterocycles. The van der Waals surface area contributed by atoms with E-state index in [1.54, 1.807) is 13.3 Å². The van der Waals surface area contributed by atoms with E-state index in [1.165, 1.54) is 6.21 Å². The highest BCUT2D eigenvalue weighted by Crippen LogP contribution is 2.38. The number of hydrogen-bond acceptors (Lipinski definition) is 5. The summed E-state index contributed by atoms with van der Waals surface area (Å²) in [6.07, 6.45) is 6.81. The van der Waals surface area contributed by atoms with Crippen LogP contribution in [-0.2, 0) is 16.1 Å². The first kappa shape index (κ1) is 19.0. The predicted octanol–water partition coefficient (Wildman–Crippen LogP) is 3.39. The molecule has 1 aromatic heterocycles. The maximum Gasteiger partial charge on any atom is 0.270 e. The summed E-state index contributed by atoms with van der Waals surface area (Å²) < 4.78 is 7.37. The molecule has 1 aromatic carbocycles. The molecule has 146 valence electrons. The number of ether oxygens (including phenoxy) is 1. The molecule has 8 heteroatoms. The number of methoxy groups -OCH3 is 1. The largest absolute Gasteiger partial charge is 0.377 e. The van der Waals surface area contributed by atoms with E-state index in [4.69, 9.17) is 16.3 Å². The van der Waals surface area contributed by atoms with Crippen LogP contribution in [0.5, 0.6) is 0 Å². The molecule has 0 radical (unpaired) electrons. The van der Waals surface area contributed by atoms with E-state index in [-0.39, 0.29) is 23.8 Å². The van der Waals surface area contributed by atoms with Gasteiger partial charge in [-0.25, -0.2) is 4.99 Å². The van der Waals surface area contributed by atoms with Crippen LogP contribution in [0.4, 0.5) is 0 Å². The summed E-state index contributed by atoms with van der Waals surface area (Å²) in [6.45, 7) is 0.383. The van der Waals surface area contributed by atoms with Gasteiger partial charge in [0, 0.05) is 36.2 Å². The Morgan fingerprint density at radius 2 is 1.86 bits per heavy atom. The van der Waals surface area contributed by atoms with Crippen LogP contribution in [-0.4, -0.2) is 46.3 Å². The molecule has 1 aliphatic carbocycles. The van der Waals surface area contributed by atoms with Crippen LogP contribution in [0.2, 0.25) is 5.02 Å². The van der Waals surface area contributed by atoms with Crippen molar-refractivity contribution in [2.45, 2.75) is 44.2 Å². The van der Waals surface area contributed by atoms with Crippen molar-refractivity contribution < 1.29 is 9.53 Å². The van der Waals surface area contributed by atoms with Gasteiger partial charge in [0.2, 0.25) is 0 Å². The standard InChI is InChI=1S/C20H22ClN5O2/c1-28-12-17-24-25-19(26(17)16-8-6-15(21)7-9-16)14-4-2-13(3-5-14)18-20(27)23-11-10-22-18/h6-11,13-14,18H,2-5,12H2,1H3. The van der Waals surface area contributed by atoms with Gasteiger partial charge in [0.05, 0.1) is 0 Å². The van der Waals surface area contributed by atoms with Crippen LogP contribution in [0.1, 0.15) is 43.3 Å². The highest BCUT2D eigenvalue weighted by Gasteiger charge is 2.34. The third-order valence-corrected chi connectivity index (χ3v) is 5.72. The second-order valence-electron chi connectivity index (χ2n) is 7.19. The number of carbonyl (C=O) groups is 1. The van der Waals surface area contributed by atoms with Crippen molar-refractivity contribution >= 4 is 29.9 Å². The molecule has 1 amide bonds. The Bertz CT molecular complexity index is 898. The Hall–Kier alpha value is -2.38. The van der Waals surface area contributed by atoms with E-state index in [0.29, 0.717) is 11.6 Å². The minimum atomic E-state index is -0.330. The summed E-state index contributed by atoms with van der Waals surface area (Å²) in [5.41, 5.74) is 0.972. The minimum absolute atomic E-state index is 0.127. The third-order valence-electron chi connectivity index (χ3n) is 5.46. The number of aromatic nitrogens is 3. The summed E-state index contributed by atoms with van der Waals surface area (Å²) in [6, 6.07) is 7.33. The van der Waals surface area contributed by atoms with E-state index in [9.17, 15) is 4.79 Å². The molecule has 1 saturated carbocycles. The van der Waals surface area contributed by atoms with Gasteiger partial charge in [-0.2, -0.15) is 0 Å². The smallest absolute Gasteiger partial charge is 0.270 e. The normalized spacial score (nSPS) is 24.6. The molecule has 0 spiro atoms. The Morgan fingerprint density at radius 1 is 1.11 bits per heavy atom. The van der Waals surface area contributed by atoms with Crippen molar-refractivity contribution in [3.05, 3.63) is 40.9 Å². The number of benzene rings is 1. The molecule has 2 aromatic rings. The van der Waals surface area contributed by atoms with Crippen molar-refractivity contribution in [2.24, 2.45) is 15.9 Å². The van der Waals surface area contributed by atoms with Crippen LogP contribution in [0.25, 0.3) is 5.69 Å². The SMILES string of the molecule is COCc1nnc(C2CCC(C3N=CC=NC3=O)CC2)n1-c1ccc(Cl)cc1. The molecule has 2 aliphatic rings. The summed E-state index contributed by atoms with van der Waals surface area (Å²) in [4.78, 5) is 20.3. The summed E-state index contributed by atoms with van der Waals surface area (Å²) >= 11 is 6.05. The third kappa shape index (κ3) is 3.77. The fourth-order valence-corrected chi connectivity index (χ4v) is 4.21. The van der Waals surface area contributed by atoms with Crippen molar-refractivity contribution in [2.75, 3.05) is 7.11 Å². The molecular weight excluding hydrogens is 378 g/mol. The van der Waals surface area contributed by atoms with Gasteiger partial charge in [0.15, 0.2) is 5.82 Å². The molecule has 28 heavy (non-hydrogen) atoms. The van der Waals surface area contributed by atoms with E-state index in [1.807, 2.05) is 24.3 Å². The number of nitrogens with zero attached hydrogens (tertiary/aromatic N) is 5. The van der Waals surface area contributed by atoms with Gasteiger partial charge in [-0.3, -0.25) is 14.4 Å². The Kier molecular flexibility index (Phi) is 5.64. The van der Waals surface area contributed by atoms with Gasteiger partial charge in [-0.15, -0.1) is 10.2 Å². The molecule has 1 unspecified atom stereocenters. The summed E-state index contributed by atoms with van der Waals surface area (Å²) in [7, 11) is 1.65. The molecule has 0 bridgehead atoms. The van der Waals surface area contributed by atoms with Crippen LogP contribution in [0.15, 0.2) is 34.3 Å². The number of halogens is 1. The van der Waals surface area contributed by atoms with E-state index in [0.717, 1.165) is 43.0 Å². The van der Waals surface area contributed by atoms with Gasteiger partial charge < -0.3 is 4.74 Å². The summed E-state index contributed by atoms with van der Waals surface area (Å²) in [5, 5.41) is 9.54. The monoisotopic (exact) mass is 399 g/mol. The van der Waals surface area contributed by atoms with Gasteiger partial charge >= 0.3 is 0 Å². The van der Waals surface area contributed by atoms with Crippen molar-refractivity contribution in [3.8, 4) is 5.69 Å². The fourth-order valence-electron chi connectivity index (χ4n) is 4.08. The number of aliphatic imine (C=N–C) groups is 2. The highest BCUT2D eigenvalue weighted by molar-refractivity contribution is 6.30. The maximum absolute atomic E-state index is 12.0. The van der Waals surface area contributed by atoms with E-state index >= 15 is 0 Å². The van der Waals surface area contributed by atoms with E-state index < -0.39 is 0 Å². The molecule has 7 nitrogen and oxygen atoms in total. The Morgan fingerprint density at radius 3 is 2.54 bits per heavy atom. The summed E-state index contributed by atoms with van der Waals surface area (Å²) in [5.74, 6) is 2.09. The lowest BCUT2D eigenvalue weighted by Crippen LogP contribution is -2.32. The number of amides is 1. The fraction of sp³-hybridized carbons (Fsp3) is 0.450. The number of rotatable bonds is 5. The first-order valence-corrected chi connectivity index (χ1v) is 9.84. The quantitative estimate of drug-likeness (QED) is 0.771. The minimum Gasteiger partial charge on any atom is -0.377 e. The Balaban J connectivity index is 1.55. The maximum atomic E-state index is 12.0. The number of carbonyl (C=O) groups excluding carboxylic acids is 1. The second kappa shape index (κ2) is 8.32. The zero-order valence-electron chi connectivity index (χ0n) is 15.7. The topological polar surface area (TPSA) is 81.7 Å². The molecule has 1 fully saturated rings. The molecule has 1 atom stereocenters. The first-order valence-electron chi connectivity index (χ1n) is 9.46. The van der Waals surface area contributed by atoms with Gasteiger partial charge in [-0.1, -0.05) is 11.6 Å². The van der Waals surface area contributed by atoms with Gasteiger partial charge in [-0.05, 0) is 55.9 Å². The molecule has 0 N–H and O–H groups in total. The van der Waals surface area contributed by atoms with Crippen molar-refractivity contribution in [3.63, 3.8) is 0 Å². The molecular formula is C20H22ClN5O2. The zero-order valence-corrected chi connectivity index (χ0v) is 16.4. The molecule has 0 saturated heterocycles. The lowest BCUT2D eigenvalue weighted by atomic mass is 9.78. The zero-order chi connectivity index (χ0) is 19.5. The average Bonchev–Trinajstić information content (AvgIpc) is 3.13. The van der Waals surface area contributed by atoms with E-state index in [2.05, 4.69) is 24.7 Å². The van der Waals surface area contributed by atoms with Crippen molar-refractivity contribution in [1.29, 1.82) is 0 Å². The van der Waals surface area contributed by atoms with Crippen LogP contribution >= 0.6 is 11.6 Å². The predicted molar refractivity (Wildman–Crippen MR) is 108 cm³/mol. The highest BCUT2D eigenvalue weighted by atomic mass is 35.5. The average molecular weight is 400 g/mol.